The molecule has 88 valence electrons. The van der Waals surface area contributed by atoms with E-state index in [1.165, 1.54) is 51.6 Å². The normalized spacial score (nSPS) is 34.8. The second kappa shape index (κ2) is 5.31. The quantitative estimate of drug-likeness (QED) is 0.774. The van der Waals surface area contributed by atoms with Crippen molar-refractivity contribution < 1.29 is 0 Å². The number of nitrogens with two attached hydrogens (primary N) is 1. The molecule has 2 N–H and O–H groups in total. The first-order valence-electron chi connectivity index (χ1n) is 6.76. The fraction of sp³-hybridized carbons (Fsp3) is 1.00. The van der Waals surface area contributed by atoms with Gasteiger partial charge in [0.1, 0.15) is 0 Å². The van der Waals surface area contributed by atoms with Crippen LogP contribution in [0.3, 0.4) is 0 Å². The van der Waals surface area contributed by atoms with Crippen molar-refractivity contribution in [3.05, 3.63) is 0 Å². The first kappa shape index (κ1) is 11.4. The van der Waals surface area contributed by atoms with Crippen LogP contribution in [-0.4, -0.2) is 30.6 Å². The zero-order valence-electron chi connectivity index (χ0n) is 10.1. The van der Waals surface area contributed by atoms with E-state index in [1.807, 2.05) is 0 Å². The second-order valence-electron chi connectivity index (χ2n) is 5.64. The number of nitrogens with zero attached hydrogens (tertiary/aromatic N) is 1. The van der Waals surface area contributed by atoms with Crippen LogP contribution in [0.2, 0.25) is 0 Å². The van der Waals surface area contributed by atoms with Crippen LogP contribution in [0.15, 0.2) is 0 Å². The molecule has 2 heteroatoms. The Kier molecular flexibility index (Phi) is 4.04. The second-order valence-corrected chi connectivity index (χ2v) is 5.64. The van der Waals surface area contributed by atoms with Gasteiger partial charge in [0.05, 0.1) is 0 Å². The maximum Gasteiger partial charge on any atom is 0.0170 e. The summed E-state index contributed by atoms with van der Waals surface area (Å²) in [6.07, 6.45) is 8.39. The molecule has 1 aliphatic carbocycles. The Morgan fingerprint density at radius 3 is 2.53 bits per heavy atom. The van der Waals surface area contributed by atoms with Crippen LogP contribution in [0, 0.1) is 11.8 Å². The van der Waals surface area contributed by atoms with Gasteiger partial charge in [-0.1, -0.05) is 26.2 Å². The molecule has 0 radical (unpaired) electrons. The highest BCUT2D eigenvalue weighted by molar-refractivity contribution is 4.82. The van der Waals surface area contributed by atoms with Gasteiger partial charge in [-0.2, -0.15) is 0 Å². The molecule has 15 heavy (non-hydrogen) atoms. The molecule has 1 heterocycles. The summed E-state index contributed by atoms with van der Waals surface area (Å²) in [4.78, 5) is 2.64. The topological polar surface area (TPSA) is 29.3 Å². The Morgan fingerprint density at radius 1 is 1.13 bits per heavy atom. The minimum Gasteiger partial charge on any atom is -0.327 e. The number of hydrogen-bond donors (Lipinski definition) is 1. The third-order valence-corrected chi connectivity index (χ3v) is 4.21. The van der Waals surface area contributed by atoms with Crippen LogP contribution in [0.25, 0.3) is 0 Å². The Morgan fingerprint density at radius 2 is 1.87 bits per heavy atom. The smallest absolute Gasteiger partial charge is 0.0170 e. The zero-order valence-corrected chi connectivity index (χ0v) is 10.1. The molecule has 2 atom stereocenters. The lowest BCUT2D eigenvalue weighted by atomic mass is 9.92. The molecule has 0 amide bonds. The fourth-order valence-electron chi connectivity index (χ4n) is 3.35. The van der Waals surface area contributed by atoms with Crippen LogP contribution in [0.5, 0.6) is 0 Å². The summed E-state index contributed by atoms with van der Waals surface area (Å²) < 4.78 is 0. The fourth-order valence-corrected chi connectivity index (χ4v) is 3.35. The minimum atomic E-state index is 0.435. The van der Waals surface area contributed by atoms with Crippen LogP contribution in [0.1, 0.15) is 45.4 Å². The van der Waals surface area contributed by atoms with Crippen molar-refractivity contribution in [2.75, 3.05) is 19.6 Å². The Balaban J connectivity index is 1.80. The molecule has 0 aromatic carbocycles. The summed E-state index contributed by atoms with van der Waals surface area (Å²) in [7, 11) is 0. The first-order valence-corrected chi connectivity index (χ1v) is 6.76. The third kappa shape index (κ3) is 3.18. The van der Waals surface area contributed by atoms with E-state index >= 15 is 0 Å². The largest absolute Gasteiger partial charge is 0.327 e. The summed E-state index contributed by atoms with van der Waals surface area (Å²) in [5, 5.41) is 0. The molecular weight excluding hydrogens is 184 g/mol. The molecule has 2 nitrogen and oxygen atoms in total. The molecule has 2 aliphatic rings. The molecule has 0 bridgehead atoms. The highest BCUT2D eigenvalue weighted by atomic mass is 15.2. The van der Waals surface area contributed by atoms with E-state index < -0.39 is 0 Å². The van der Waals surface area contributed by atoms with Crippen LogP contribution in [0.4, 0.5) is 0 Å². The van der Waals surface area contributed by atoms with Crippen molar-refractivity contribution in [1.29, 1.82) is 0 Å². The Labute approximate surface area is 94.2 Å². The van der Waals surface area contributed by atoms with E-state index in [1.54, 1.807) is 0 Å². The van der Waals surface area contributed by atoms with Crippen molar-refractivity contribution >= 4 is 0 Å². The lowest BCUT2D eigenvalue weighted by molar-refractivity contribution is 0.134. The molecule has 1 saturated carbocycles. The summed E-state index contributed by atoms with van der Waals surface area (Å²) in [6.45, 7) is 6.08. The van der Waals surface area contributed by atoms with Gasteiger partial charge in [-0.15, -0.1) is 0 Å². The Hall–Kier alpha value is -0.0800. The molecule has 1 saturated heterocycles. The van der Waals surface area contributed by atoms with E-state index in [0.29, 0.717) is 6.04 Å². The summed E-state index contributed by atoms with van der Waals surface area (Å²) in [6, 6.07) is 0.435. The maximum atomic E-state index is 6.12. The predicted octanol–water partition coefficient (Wildman–Crippen LogP) is 2.24. The minimum absolute atomic E-state index is 0.435. The number of likely N-dealkylation sites (tertiary alicyclic amines) is 1. The van der Waals surface area contributed by atoms with Gasteiger partial charge in [-0.3, -0.25) is 0 Å². The molecule has 2 unspecified atom stereocenters. The molecular formula is C13H26N2. The number of piperidine rings is 1. The predicted molar refractivity (Wildman–Crippen MR) is 64.8 cm³/mol. The molecule has 0 aromatic heterocycles. The van der Waals surface area contributed by atoms with E-state index in [-0.39, 0.29) is 0 Å². The van der Waals surface area contributed by atoms with Crippen molar-refractivity contribution in [3.63, 3.8) is 0 Å². The SMILES string of the molecule is CCC1CC(N)CN(CC2CCCC2)C1. The summed E-state index contributed by atoms with van der Waals surface area (Å²) >= 11 is 0. The lowest BCUT2D eigenvalue weighted by Crippen LogP contribution is -2.48. The van der Waals surface area contributed by atoms with E-state index in [2.05, 4.69) is 11.8 Å². The van der Waals surface area contributed by atoms with Gasteiger partial charge in [0.15, 0.2) is 0 Å². The van der Waals surface area contributed by atoms with Gasteiger partial charge in [0.25, 0.3) is 0 Å². The molecule has 1 aliphatic heterocycles. The summed E-state index contributed by atoms with van der Waals surface area (Å²) in [5.74, 6) is 1.84. The lowest BCUT2D eigenvalue weighted by Gasteiger charge is -2.37. The molecule has 2 fully saturated rings. The van der Waals surface area contributed by atoms with Gasteiger partial charge in [0.2, 0.25) is 0 Å². The zero-order chi connectivity index (χ0) is 10.7. The summed E-state index contributed by atoms with van der Waals surface area (Å²) in [5.41, 5.74) is 6.12. The van der Waals surface area contributed by atoms with Crippen LogP contribution < -0.4 is 5.73 Å². The standard InChI is InChI=1S/C13H26N2/c1-2-11-7-13(14)10-15(8-11)9-12-5-3-4-6-12/h11-13H,2-10,14H2,1H3. The highest BCUT2D eigenvalue weighted by Crippen LogP contribution is 2.27. The van der Waals surface area contributed by atoms with E-state index in [0.717, 1.165) is 18.4 Å². The van der Waals surface area contributed by atoms with E-state index in [9.17, 15) is 0 Å². The average molecular weight is 210 g/mol. The molecule has 0 spiro atoms. The monoisotopic (exact) mass is 210 g/mol. The average Bonchev–Trinajstić information content (AvgIpc) is 2.69. The van der Waals surface area contributed by atoms with Crippen LogP contribution in [-0.2, 0) is 0 Å². The maximum absolute atomic E-state index is 6.12. The molecule has 2 rings (SSSR count). The van der Waals surface area contributed by atoms with Gasteiger partial charge in [-0.25, -0.2) is 0 Å². The van der Waals surface area contributed by atoms with Gasteiger partial charge < -0.3 is 10.6 Å². The number of hydrogen-bond acceptors (Lipinski definition) is 2. The van der Waals surface area contributed by atoms with Gasteiger partial charge in [0, 0.05) is 25.7 Å². The van der Waals surface area contributed by atoms with Crippen molar-refractivity contribution in [3.8, 4) is 0 Å². The first-order chi connectivity index (χ1) is 7.28. The molecule has 0 aromatic rings. The van der Waals surface area contributed by atoms with E-state index in [4.69, 9.17) is 5.73 Å². The van der Waals surface area contributed by atoms with Crippen molar-refractivity contribution in [2.24, 2.45) is 17.6 Å². The van der Waals surface area contributed by atoms with Gasteiger partial charge in [-0.05, 0) is 31.1 Å². The van der Waals surface area contributed by atoms with Crippen LogP contribution >= 0.6 is 0 Å². The van der Waals surface area contributed by atoms with Crippen molar-refractivity contribution in [1.82, 2.24) is 4.90 Å². The van der Waals surface area contributed by atoms with Gasteiger partial charge >= 0.3 is 0 Å². The van der Waals surface area contributed by atoms with Crippen molar-refractivity contribution in [2.45, 2.75) is 51.5 Å². The highest BCUT2D eigenvalue weighted by Gasteiger charge is 2.26. The Bertz CT molecular complexity index is 187. The third-order valence-electron chi connectivity index (χ3n) is 4.21. The number of rotatable bonds is 3.